The summed E-state index contributed by atoms with van der Waals surface area (Å²) in [5, 5.41) is 41.7. The molecule has 4 N–H and O–H groups in total. The van der Waals surface area contributed by atoms with Gasteiger partial charge in [-0.05, 0) is 49.2 Å². The van der Waals surface area contributed by atoms with Crippen LogP contribution in [0.1, 0.15) is 60.8 Å². The number of hydrogen-bond donors (Lipinski definition) is 4. The van der Waals surface area contributed by atoms with Crippen molar-refractivity contribution in [3.63, 3.8) is 0 Å². The molecule has 2 saturated carbocycles. The molecule has 2 heterocycles. The highest BCUT2D eigenvalue weighted by atomic mass is 16.6. The Balaban J connectivity index is 1.24. The lowest BCUT2D eigenvalue weighted by Gasteiger charge is -2.60. The second-order valence-electron chi connectivity index (χ2n) is 15.4. The molecule has 0 aromatic rings. The summed E-state index contributed by atoms with van der Waals surface area (Å²) in [4.78, 5) is 0. The van der Waals surface area contributed by atoms with Crippen LogP contribution in [-0.2, 0) is 14.2 Å². The van der Waals surface area contributed by atoms with Crippen molar-refractivity contribution in [2.75, 3.05) is 39.6 Å². The van der Waals surface area contributed by atoms with Gasteiger partial charge in [0.05, 0.1) is 38.3 Å². The van der Waals surface area contributed by atoms with Crippen molar-refractivity contribution in [1.29, 1.82) is 0 Å². The fraction of sp³-hybridized carbons (Fsp3) is 0.818. The number of allylic oxidation sites excluding steroid dienone is 4. The van der Waals surface area contributed by atoms with Crippen molar-refractivity contribution in [3.8, 4) is 0 Å². The lowest BCUT2D eigenvalue weighted by molar-refractivity contribution is -0.155. The number of rotatable bonds is 10. The largest absolute Gasteiger partial charge is 0.497 e. The summed E-state index contributed by atoms with van der Waals surface area (Å²) in [7, 11) is 0. The van der Waals surface area contributed by atoms with Crippen LogP contribution in [0.4, 0.5) is 0 Å². The minimum atomic E-state index is -0.651. The highest BCUT2D eigenvalue weighted by Gasteiger charge is 2.67. The average molecular weight is 559 g/mol. The van der Waals surface area contributed by atoms with E-state index < -0.39 is 16.9 Å². The molecule has 12 unspecified atom stereocenters. The predicted molar refractivity (Wildman–Crippen MR) is 151 cm³/mol. The first-order chi connectivity index (χ1) is 18.8. The molecular weight excluding hydrogens is 508 g/mol. The predicted octanol–water partition coefficient (Wildman–Crippen LogP) is 3.82. The smallest absolute Gasteiger partial charge is 0.124 e. The minimum Gasteiger partial charge on any atom is -0.497 e. The maximum atomic E-state index is 10.8. The summed E-state index contributed by atoms with van der Waals surface area (Å²) in [6, 6.07) is 0. The molecule has 2 aliphatic heterocycles. The summed E-state index contributed by atoms with van der Waals surface area (Å²) in [5.41, 5.74) is -2.34. The van der Waals surface area contributed by atoms with Crippen LogP contribution in [0.2, 0.25) is 0 Å². The molecule has 0 spiro atoms. The van der Waals surface area contributed by atoms with Gasteiger partial charge in [-0.15, -0.1) is 0 Å². The molecule has 7 rings (SSSR count). The van der Waals surface area contributed by atoms with Gasteiger partial charge in [0, 0.05) is 51.6 Å². The molecule has 7 aliphatic rings. The molecular formula is C33H50O7. The first-order valence-corrected chi connectivity index (χ1v) is 15.3. The number of hydrogen-bond acceptors (Lipinski definition) is 7. The van der Waals surface area contributed by atoms with Gasteiger partial charge in [0.2, 0.25) is 0 Å². The van der Waals surface area contributed by atoms with Crippen molar-refractivity contribution < 1.29 is 34.6 Å². The van der Waals surface area contributed by atoms with E-state index in [0.717, 1.165) is 30.8 Å². The number of ether oxygens (including phenoxy) is 3. The lowest BCUT2D eigenvalue weighted by Crippen LogP contribution is -2.59. The van der Waals surface area contributed by atoms with Crippen molar-refractivity contribution >= 4 is 0 Å². The van der Waals surface area contributed by atoms with Crippen LogP contribution in [0.25, 0.3) is 0 Å². The average Bonchev–Trinajstić information content (AvgIpc) is 3.72. The van der Waals surface area contributed by atoms with E-state index in [0.29, 0.717) is 25.0 Å². The van der Waals surface area contributed by atoms with Gasteiger partial charge in [0.25, 0.3) is 0 Å². The van der Waals surface area contributed by atoms with E-state index in [1.807, 2.05) is 19.9 Å². The summed E-state index contributed by atoms with van der Waals surface area (Å²) >= 11 is 0. The third kappa shape index (κ3) is 3.25. The quantitative estimate of drug-likeness (QED) is 0.302. The van der Waals surface area contributed by atoms with Gasteiger partial charge in [-0.1, -0.05) is 53.7 Å². The zero-order valence-electron chi connectivity index (χ0n) is 25.2. The molecule has 0 aromatic heterocycles. The van der Waals surface area contributed by atoms with Gasteiger partial charge in [-0.25, -0.2) is 0 Å². The van der Waals surface area contributed by atoms with Crippen LogP contribution < -0.4 is 0 Å². The third-order valence-electron chi connectivity index (χ3n) is 14.2. The second-order valence-corrected chi connectivity index (χ2v) is 15.4. The Hall–Kier alpha value is -1.38. The maximum Gasteiger partial charge on any atom is 0.124 e. The van der Waals surface area contributed by atoms with Gasteiger partial charge in [0.15, 0.2) is 0 Å². The Labute approximate surface area is 239 Å². The van der Waals surface area contributed by atoms with Gasteiger partial charge < -0.3 is 34.6 Å². The molecule has 224 valence electrons. The lowest BCUT2D eigenvalue weighted by atomic mass is 9.46. The van der Waals surface area contributed by atoms with Gasteiger partial charge in [-0.2, -0.15) is 0 Å². The topological polar surface area (TPSA) is 109 Å². The molecule has 7 nitrogen and oxygen atoms in total. The van der Waals surface area contributed by atoms with Crippen molar-refractivity contribution in [3.05, 3.63) is 35.8 Å². The van der Waals surface area contributed by atoms with Crippen LogP contribution in [0, 0.1) is 56.2 Å². The monoisotopic (exact) mass is 558 g/mol. The number of aliphatic hydroxyl groups excluding tert-OH is 4. The van der Waals surface area contributed by atoms with E-state index in [-0.39, 0.29) is 66.0 Å². The van der Waals surface area contributed by atoms with Crippen LogP contribution >= 0.6 is 0 Å². The molecule has 12 atom stereocenters. The Morgan fingerprint density at radius 2 is 1.20 bits per heavy atom. The summed E-state index contributed by atoms with van der Waals surface area (Å²) in [5.74, 6) is 2.80. The molecule has 7 heteroatoms. The van der Waals surface area contributed by atoms with E-state index in [9.17, 15) is 20.4 Å². The highest BCUT2D eigenvalue weighted by Crippen LogP contribution is 2.66. The minimum absolute atomic E-state index is 0.0607. The maximum absolute atomic E-state index is 10.8. The molecule has 40 heavy (non-hydrogen) atoms. The van der Waals surface area contributed by atoms with E-state index in [1.54, 1.807) is 0 Å². The zero-order chi connectivity index (χ0) is 28.9. The molecule has 0 aromatic carbocycles. The van der Waals surface area contributed by atoms with E-state index in [4.69, 9.17) is 14.2 Å². The van der Waals surface area contributed by atoms with Gasteiger partial charge in [-0.3, -0.25) is 0 Å². The second kappa shape index (κ2) is 9.06. The van der Waals surface area contributed by atoms with Crippen molar-refractivity contribution in [1.82, 2.24) is 0 Å². The van der Waals surface area contributed by atoms with Crippen LogP contribution in [0.5, 0.6) is 0 Å². The summed E-state index contributed by atoms with van der Waals surface area (Å²) < 4.78 is 19.6. The molecule has 5 aliphatic carbocycles. The Kier molecular flexibility index (Phi) is 6.51. The molecule has 6 bridgehead atoms. The molecule has 3 fully saturated rings. The zero-order valence-corrected chi connectivity index (χ0v) is 25.2. The molecule has 1 saturated heterocycles. The first-order valence-electron chi connectivity index (χ1n) is 15.3. The fourth-order valence-electron chi connectivity index (χ4n) is 9.65. The van der Waals surface area contributed by atoms with Gasteiger partial charge >= 0.3 is 0 Å². The summed E-state index contributed by atoms with van der Waals surface area (Å²) in [6.45, 7) is 13.8. The van der Waals surface area contributed by atoms with Crippen LogP contribution in [0.15, 0.2) is 35.8 Å². The standard InChI is InChI=1S/C33H50O7/c1-28(14-34)20-7-8-21(11-20)32(28,5)18-38-24-12-22-9-10-23(24)33(6,29(22,2)15-35)19-39-25-13-26-30(3,16-36)31(4,17-37)27(25)40-26/h7-8,12-13,20-23,26-27,34-37H,9-11,14-19H2,1-6H3. The number of aliphatic hydroxyl groups is 4. The highest BCUT2D eigenvalue weighted by molar-refractivity contribution is 5.30. The fourth-order valence-corrected chi connectivity index (χ4v) is 9.65. The SMILES string of the molecule is CC1(CO)C2C=CC(C2)C1(C)COC1=CC2CCC1C(C)(COC1=CC3OC1C(C)(CO)C3(C)CO)C2(C)CO. The van der Waals surface area contributed by atoms with Crippen LogP contribution in [0.3, 0.4) is 0 Å². The Morgan fingerprint density at radius 1 is 0.650 bits per heavy atom. The van der Waals surface area contributed by atoms with Gasteiger partial charge in [0.1, 0.15) is 11.9 Å². The molecule has 0 radical (unpaired) electrons. The molecule has 0 amide bonds. The Morgan fingerprint density at radius 3 is 1.82 bits per heavy atom. The van der Waals surface area contributed by atoms with E-state index in [1.165, 1.54) is 0 Å². The van der Waals surface area contributed by atoms with E-state index >= 15 is 0 Å². The van der Waals surface area contributed by atoms with E-state index in [2.05, 4.69) is 45.9 Å². The number of fused-ring (bicyclic) bond motifs is 6. The van der Waals surface area contributed by atoms with Crippen molar-refractivity contribution in [2.45, 2.75) is 73.0 Å². The summed E-state index contributed by atoms with van der Waals surface area (Å²) in [6.07, 6.45) is 11.2. The first kappa shape index (κ1) is 28.7. The van der Waals surface area contributed by atoms with Crippen LogP contribution in [-0.4, -0.2) is 72.3 Å². The third-order valence-corrected chi connectivity index (χ3v) is 14.2. The van der Waals surface area contributed by atoms with Crippen molar-refractivity contribution in [2.24, 2.45) is 56.2 Å². The Bertz CT molecular complexity index is 1130. The normalized spacial score (nSPS) is 53.8.